The first kappa shape index (κ1) is 12.0. The van der Waals surface area contributed by atoms with Gasteiger partial charge < -0.3 is 9.47 Å². The third-order valence-electron chi connectivity index (χ3n) is 3.48. The molecule has 0 bridgehead atoms. The van der Waals surface area contributed by atoms with Crippen molar-refractivity contribution in [3.63, 3.8) is 0 Å². The summed E-state index contributed by atoms with van der Waals surface area (Å²) in [5, 5.41) is 0. The van der Waals surface area contributed by atoms with Gasteiger partial charge in [-0.05, 0) is 5.56 Å². The SMILES string of the molecule is O=C(CCl)N1C(c2ccccc2)COC12COC2. The van der Waals surface area contributed by atoms with Crippen LogP contribution in [0.25, 0.3) is 0 Å². The van der Waals surface area contributed by atoms with Gasteiger partial charge in [0.1, 0.15) is 5.88 Å². The zero-order valence-electron chi connectivity index (χ0n) is 9.84. The molecule has 1 aromatic carbocycles. The van der Waals surface area contributed by atoms with Gasteiger partial charge in [-0.3, -0.25) is 9.69 Å². The number of benzene rings is 1. The summed E-state index contributed by atoms with van der Waals surface area (Å²) in [4.78, 5) is 13.8. The van der Waals surface area contributed by atoms with Crippen LogP contribution in [0.2, 0.25) is 0 Å². The minimum absolute atomic E-state index is 0.0333. The molecule has 2 fully saturated rings. The summed E-state index contributed by atoms with van der Waals surface area (Å²) >= 11 is 5.71. The standard InChI is InChI=1S/C13H14ClNO3/c14-6-12(16)15-11(10-4-2-1-3-5-10)7-18-13(15)8-17-9-13/h1-5,11H,6-9H2. The van der Waals surface area contributed by atoms with E-state index >= 15 is 0 Å². The molecule has 0 aromatic heterocycles. The first-order chi connectivity index (χ1) is 8.77. The normalized spacial score (nSPS) is 25.2. The monoisotopic (exact) mass is 267 g/mol. The second-order valence-corrected chi connectivity index (χ2v) is 4.84. The summed E-state index contributed by atoms with van der Waals surface area (Å²) in [7, 11) is 0. The molecule has 96 valence electrons. The number of hydrogen-bond acceptors (Lipinski definition) is 3. The predicted octanol–water partition coefficient (Wildman–Crippen LogP) is 1.55. The zero-order valence-corrected chi connectivity index (χ0v) is 10.6. The highest BCUT2D eigenvalue weighted by Gasteiger charge is 2.55. The van der Waals surface area contributed by atoms with Crippen molar-refractivity contribution in [2.24, 2.45) is 0 Å². The van der Waals surface area contributed by atoms with E-state index < -0.39 is 5.72 Å². The average Bonchev–Trinajstić information content (AvgIpc) is 2.79. The Morgan fingerprint density at radius 2 is 2.11 bits per heavy atom. The van der Waals surface area contributed by atoms with Crippen molar-refractivity contribution in [3.05, 3.63) is 35.9 Å². The van der Waals surface area contributed by atoms with Gasteiger partial charge in [-0.2, -0.15) is 0 Å². The minimum atomic E-state index is -0.591. The number of carbonyl (C=O) groups excluding carboxylic acids is 1. The molecule has 4 nitrogen and oxygen atoms in total. The summed E-state index contributed by atoms with van der Waals surface area (Å²) in [5.74, 6) is -0.139. The number of carbonyl (C=O) groups is 1. The lowest BCUT2D eigenvalue weighted by atomic mass is 10.0. The molecule has 2 heterocycles. The van der Waals surface area contributed by atoms with Crippen LogP contribution in [0.3, 0.4) is 0 Å². The molecule has 5 heteroatoms. The Labute approximate surface area is 110 Å². The molecule has 0 N–H and O–H groups in total. The van der Waals surface area contributed by atoms with Gasteiger partial charge in [-0.15, -0.1) is 11.6 Å². The van der Waals surface area contributed by atoms with Gasteiger partial charge in [0.25, 0.3) is 0 Å². The second kappa shape index (κ2) is 4.53. The summed E-state index contributed by atoms with van der Waals surface area (Å²) in [6.07, 6.45) is 0. The van der Waals surface area contributed by atoms with Gasteiger partial charge in [-0.1, -0.05) is 30.3 Å². The Morgan fingerprint density at radius 3 is 2.67 bits per heavy atom. The molecule has 1 amide bonds. The van der Waals surface area contributed by atoms with Gasteiger partial charge in [0.15, 0.2) is 5.72 Å². The number of hydrogen-bond donors (Lipinski definition) is 0. The van der Waals surface area contributed by atoms with E-state index in [1.807, 2.05) is 30.3 Å². The second-order valence-electron chi connectivity index (χ2n) is 4.57. The maximum Gasteiger partial charge on any atom is 0.240 e. The van der Waals surface area contributed by atoms with Crippen LogP contribution in [-0.4, -0.2) is 42.2 Å². The highest BCUT2D eigenvalue weighted by Crippen LogP contribution is 2.41. The van der Waals surface area contributed by atoms with E-state index in [4.69, 9.17) is 21.1 Å². The fourth-order valence-electron chi connectivity index (χ4n) is 2.55. The Balaban J connectivity index is 1.93. The highest BCUT2D eigenvalue weighted by atomic mass is 35.5. The molecule has 18 heavy (non-hydrogen) atoms. The Bertz CT molecular complexity index is 447. The molecule has 1 spiro atoms. The summed E-state index contributed by atoms with van der Waals surface area (Å²) in [6.45, 7) is 1.36. The summed E-state index contributed by atoms with van der Waals surface area (Å²) < 4.78 is 11.0. The van der Waals surface area contributed by atoms with E-state index in [9.17, 15) is 4.79 Å². The van der Waals surface area contributed by atoms with Crippen molar-refractivity contribution >= 4 is 17.5 Å². The maximum atomic E-state index is 12.1. The van der Waals surface area contributed by atoms with Crippen LogP contribution in [0.15, 0.2) is 30.3 Å². The zero-order chi connectivity index (χ0) is 12.6. The molecule has 1 unspecified atom stereocenters. The van der Waals surface area contributed by atoms with Gasteiger partial charge in [0, 0.05) is 0 Å². The number of amides is 1. The van der Waals surface area contributed by atoms with Gasteiger partial charge in [-0.25, -0.2) is 0 Å². The van der Waals surface area contributed by atoms with Crippen molar-refractivity contribution in [2.75, 3.05) is 25.7 Å². The Hall–Kier alpha value is -1.10. The lowest BCUT2D eigenvalue weighted by molar-refractivity contribution is -0.240. The van der Waals surface area contributed by atoms with Crippen LogP contribution in [0.5, 0.6) is 0 Å². The molecule has 2 saturated heterocycles. The van der Waals surface area contributed by atoms with Crippen molar-refractivity contribution in [2.45, 2.75) is 11.8 Å². The van der Waals surface area contributed by atoms with Crippen LogP contribution in [-0.2, 0) is 14.3 Å². The molecule has 1 aromatic rings. The van der Waals surface area contributed by atoms with Crippen LogP contribution in [0.4, 0.5) is 0 Å². The number of ether oxygens (including phenoxy) is 2. The first-order valence-corrected chi connectivity index (χ1v) is 6.45. The summed E-state index contributed by atoms with van der Waals surface area (Å²) in [6, 6.07) is 9.81. The number of alkyl halides is 1. The Kier molecular flexibility index (Phi) is 3.01. The quantitative estimate of drug-likeness (QED) is 0.763. The molecule has 2 aliphatic heterocycles. The van der Waals surface area contributed by atoms with Gasteiger partial charge in [0.2, 0.25) is 5.91 Å². The highest BCUT2D eigenvalue weighted by molar-refractivity contribution is 6.27. The number of rotatable bonds is 2. The van der Waals surface area contributed by atoms with Crippen molar-refractivity contribution in [1.29, 1.82) is 0 Å². The number of nitrogens with zero attached hydrogens (tertiary/aromatic N) is 1. The van der Waals surface area contributed by atoms with Crippen LogP contribution in [0, 0.1) is 0 Å². The molecular formula is C13H14ClNO3. The Morgan fingerprint density at radius 1 is 1.39 bits per heavy atom. The van der Waals surface area contributed by atoms with E-state index in [0.29, 0.717) is 19.8 Å². The predicted molar refractivity (Wildman–Crippen MR) is 66.3 cm³/mol. The average molecular weight is 268 g/mol. The number of halogens is 1. The molecule has 1 atom stereocenters. The first-order valence-electron chi connectivity index (χ1n) is 5.92. The van der Waals surface area contributed by atoms with Crippen molar-refractivity contribution in [1.82, 2.24) is 4.90 Å². The third kappa shape index (κ3) is 1.72. The van der Waals surface area contributed by atoms with Gasteiger partial charge >= 0.3 is 0 Å². The van der Waals surface area contributed by atoms with E-state index in [1.54, 1.807) is 4.90 Å². The minimum Gasteiger partial charge on any atom is -0.371 e. The van der Waals surface area contributed by atoms with E-state index in [0.717, 1.165) is 5.56 Å². The topological polar surface area (TPSA) is 38.8 Å². The van der Waals surface area contributed by atoms with E-state index in [1.165, 1.54) is 0 Å². The molecule has 3 rings (SSSR count). The maximum absolute atomic E-state index is 12.1. The molecule has 0 aliphatic carbocycles. The molecule has 0 saturated carbocycles. The van der Waals surface area contributed by atoms with Crippen LogP contribution in [0.1, 0.15) is 11.6 Å². The largest absolute Gasteiger partial charge is 0.371 e. The van der Waals surface area contributed by atoms with E-state index in [2.05, 4.69) is 0 Å². The van der Waals surface area contributed by atoms with Crippen LogP contribution < -0.4 is 0 Å². The van der Waals surface area contributed by atoms with Crippen molar-refractivity contribution < 1.29 is 14.3 Å². The van der Waals surface area contributed by atoms with Gasteiger partial charge in [0.05, 0.1) is 25.9 Å². The fourth-order valence-corrected chi connectivity index (χ4v) is 2.68. The molecule has 2 aliphatic rings. The fraction of sp³-hybridized carbons (Fsp3) is 0.462. The molecule has 0 radical (unpaired) electrons. The lowest BCUT2D eigenvalue weighted by Crippen LogP contribution is -2.62. The van der Waals surface area contributed by atoms with E-state index in [-0.39, 0.29) is 17.8 Å². The lowest BCUT2D eigenvalue weighted by Gasteiger charge is -2.44. The summed E-state index contributed by atoms with van der Waals surface area (Å²) in [5.41, 5.74) is 0.478. The molecular weight excluding hydrogens is 254 g/mol. The third-order valence-corrected chi connectivity index (χ3v) is 3.71. The van der Waals surface area contributed by atoms with Crippen molar-refractivity contribution in [3.8, 4) is 0 Å². The van der Waals surface area contributed by atoms with Crippen LogP contribution >= 0.6 is 11.6 Å². The smallest absolute Gasteiger partial charge is 0.240 e.